The minimum absolute atomic E-state index is 0.0443. The second-order valence-corrected chi connectivity index (χ2v) is 11.4. The summed E-state index contributed by atoms with van der Waals surface area (Å²) in [5.74, 6) is -0.845. The number of sulfonamides is 1. The van der Waals surface area contributed by atoms with Gasteiger partial charge in [0.05, 0.1) is 32.8 Å². The summed E-state index contributed by atoms with van der Waals surface area (Å²) in [6, 6.07) is 9.00. The molecule has 0 bridgehead atoms. The van der Waals surface area contributed by atoms with Gasteiger partial charge in [-0.05, 0) is 80.0 Å². The summed E-state index contributed by atoms with van der Waals surface area (Å²) in [5, 5.41) is 19.0. The standard InChI is InChI=1S/C24H23ClN2O5S/c25-19-11-21(32-17-5-6-24(12-17)7-8-24)20(9-16(19)13-26)27-33(30,31)22-10-15(23(28)29)3-4-18(22)14-1-2-14/h3-4,9-11,14,17,27H,1-2,5-8,12H2,(H,28,29). The number of nitrogens with one attached hydrogen (secondary N) is 1. The number of halogens is 1. The second kappa shape index (κ2) is 7.93. The van der Waals surface area contributed by atoms with Gasteiger partial charge in [0.15, 0.2) is 0 Å². The maximum Gasteiger partial charge on any atom is 0.335 e. The fourth-order valence-electron chi connectivity index (χ4n) is 4.71. The Labute approximate surface area is 197 Å². The Morgan fingerprint density at radius 2 is 1.94 bits per heavy atom. The molecule has 5 rings (SSSR count). The lowest BCUT2D eigenvalue weighted by Gasteiger charge is -2.20. The average molecular weight is 487 g/mol. The van der Waals surface area contributed by atoms with Crippen LogP contribution in [0, 0.1) is 16.7 Å². The highest BCUT2D eigenvalue weighted by Gasteiger charge is 2.49. The van der Waals surface area contributed by atoms with Crippen molar-refractivity contribution in [2.24, 2.45) is 5.41 Å². The van der Waals surface area contributed by atoms with E-state index in [9.17, 15) is 23.6 Å². The molecule has 0 aromatic heterocycles. The lowest BCUT2D eigenvalue weighted by atomic mass is 10.1. The van der Waals surface area contributed by atoms with Crippen molar-refractivity contribution in [1.82, 2.24) is 0 Å². The van der Waals surface area contributed by atoms with Crippen LogP contribution in [0.25, 0.3) is 0 Å². The van der Waals surface area contributed by atoms with E-state index in [1.807, 2.05) is 6.07 Å². The molecule has 1 atom stereocenters. The van der Waals surface area contributed by atoms with Crippen LogP contribution >= 0.6 is 11.6 Å². The molecule has 0 radical (unpaired) electrons. The van der Waals surface area contributed by atoms with Gasteiger partial charge < -0.3 is 9.84 Å². The van der Waals surface area contributed by atoms with Gasteiger partial charge >= 0.3 is 5.97 Å². The van der Waals surface area contributed by atoms with E-state index in [1.165, 1.54) is 37.1 Å². The quantitative estimate of drug-likeness (QED) is 0.548. The molecule has 1 spiro atoms. The Bertz CT molecular complexity index is 1290. The highest BCUT2D eigenvalue weighted by Crippen LogP contribution is 2.58. The number of rotatable bonds is 7. The van der Waals surface area contributed by atoms with Crippen LogP contribution < -0.4 is 9.46 Å². The first-order valence-corrected chi connectivity index (χ1v) is 12.9. The fraction of sp³-hybridized carbons (Fsp3) is 0.417. The number of anilines is 1. The molecule has 9 heteroatoms. The van der Waals surface area contributed by atoms with E-state index in [1.54, 1.807) is 6.07 Å². The molecular weight excluding hydrogens is 464 g/mol. The average Bonchev–Trinajstić information content (AvgIpc) is 3.69. The number of nitriles is 1. The van der Waals surface area contributed by atoms with Crippen LogP contribution in [0.1, 0.15) is 72.3 Å². The zero-order chi connectivity index (χ0) is 23.4. The largest absolute Gasteiger partial charge is 0.488 e. The van der Waals surface area contributed by atoms with Crippen LogP contribution in [-0.4, -0.2) is 25.6 Å². The third-order valence-electron chi connectivity index (χ3n) is 6.91. The SMILES string of the molecule is N#Cc1cc(NS(=O)(=O)c2cc(C(=O)O)ccc2C2CC2)c(OC2CCC3(CC3)C2)cc1Cl. The fourth-order valence-corrected chi connectivity index (χ4v) is 6.30. The van der Waals surface area contributed by atoms with Gasteiger partial charge in [0, 0.05) is 6.07 Å². The number of carboxylic acid groups (broad SMARTS) is 1. The van der Waals surface area contributed by atoms with Crippen molar-refractivity contribution >= 4 is 33.3 Å². The Morgan fingerprint density at radius 3 is 2.55 bits per heavy atom. The predicted molar refractivity (Wildman–Crippen MR) is 122 cm³/mol. The first kappa shape index (κ1) is 22.1. The van der Waals surface area contributed by atoms with E-state index in [2.05, 4.69) is 4.72 Å². The summed E-state index contributed by atoms with van der Waals surface area (Å²) >= 11 is 6.23. The summed E-state index contributed by atoms with van der Waals surface area (Å²) in [6.07, 6.45) is 6.96. The summed E-state index contributed by atoms with van der Waals surface area (Å²) in [5.41, 5.74) is 1.10. The molecule has 1 unspecified atom stereocenters. The van der Waals surface area contributed by atoms with Crippen molar-refractivity contribution in [3.05, 3.63) is 52.0 Å². The van der Waals surface area contributed by atoms with Gasteiger partial charge in [-0.15, -0.1) is 0 Å². The molecule has 0 saturated heterocycles. The first-order chi connectivity index (χ1) is 15.7. The van der Waals surface area contributed by atoms with Crippen LogP contribution in [0.15, 0.2) is 35.2 Å². The van der Waals surface area contributed by atoms with Crippen LogP contribution in [0.3, 0.4) is 0 Å². The van der Waals surface area contributed by atoms with Crippen LogP contribution in [-0.2, 0) is 10.0 Å². The van der Waals surface area contributed by atoms with Crippen LogP contribution in [0.5, 0.6) is 5.75 Å². The molecule has 3 aliphatic carbocycles. The molecule has 172 valence electrons. The van der Waals surface area contributed by atoms with Gasteiger partial charge in [0.1, 0.15) is 11.8 Å². The molecule has 2 N–H and O–H groups in total. The van der Waals surface area contributed by atoms with Crippen molar-refractivity contribution in [3.63, 3.8) is 0 Å². The van der Waals surface area contributed by atoms with Crippen molar-refractivity contribution < 1.29 is 23.1 Å². The highest BCUT2D eigenvalue weighted by molar-refractivity contribution is 7.92. The Kier molecular flexibility index (Phi) is 5.30. The number of aromatic carboxylic acids is 1. The third-order valence-corrected chi connectivity index (χ3v) is 8.64. The van der Waals surface area contributed by atoms with Crippen molar-refractivity contribution in [2.45, 2.75) is 61.9 Å². The molecule has 7 nitrogen and oxygen atoms in total. The number of carboxylic acids is 1. The Hall–Kier alpha value is -2.76. The van der Waals surface area contributed by atoms with Gasteiger partial charge in [0.2, 0.25) is 0 Å². The lowest BCUT2D eigenvalue weighted by molar-refractivity contribution is 0.0696. The Balaban J connectivity index is 1.51. The third kappa shape index (κ3) is 4.40. The van der Waals surface area contributed by atoms with Gasteiger partial charge in [-0.3, -0.25) is 4.72 Å². The van der Waals surface area contributed by atoms with Gasteiger partial charge in [-0.1, -0.05) is 17.7 Å². The Morgan fingerprint density at radius 1 is 1.18 bits per heavy atom. The van der Waals surface area contributed by atoms with Crippen LogP contribution in [0.4, 0.5) is 5.69 Å². The molecule has 0 aliphatic heterocycles. The van der Waals surface area contributed by atoms with Crippen molar-refractivity contribution in [2.75, 3.05) is 4.72 Å². The molecule has 3 fully saturated rings. The van der Waals surface area contributed by atoms with Crippen molar-refractivity contribution in [1.29, 1.82) is 5.26 Å². The number of hydrogen-bond acceptors (Lipinski definition) is 5. The lowest BCUT2D eigenvalue weighted by Crippen LogP contribution is -2.18. The summed E-state index contributed by atoms with van der Waals surface area (Å²) in [4.78, 5) is 11.4. The number of hydrogen-bond donors (Lipinski definition) is 2. The topological polar surface area (TPSA) is 116 Å². The summed E-state index contributed by atoms with van der Waals surface area (Å²) in [6.45, 7) is 0. The van der Waals surface area contributed by atoms with E-state index in [0.29, 0.717) is 11.0 Å². The van der Waals surface area contributed by atoms with Gasteiger partial charge in [0.25, 0.3) is 10.0 Å². The molecule has 3 saturated carbocycles. The maximum absolute atomic E-state index is 13.4. The zero-order valence-corrected chi connectivity index (χ0v) is 19.4. The number of benzene rings is 2. The van der Waals surface area contributed by atoms with E-state index in [-0.39, 0.29) is 44.5 Å². The first-order valence-electron chi connectivity index (χ1n) is 11.0. The molecule has 0 heterocycles. The zero-order valence-electron chi connectivity index (χ0n) is 17.8. The van der Waals surface area contributed by atoms with E-state index >= 15 is 0 Å². The smallest absolute Gasteiger partial charge is 0.335 e. The second-order valence-electron chi connectivity index (χ2n) is 9.36. The van der Waals surface area contributed by atoms with Crippen LogP contribution in [0.2, 0.25) is 5.02 Å². The minimum atomic E-state index is -4.16. The molecule has 3 aliphatic rings. The summed E-state index contributed by atoms with van der Waals surface area (Å²) in [7, 11) is -4.16. The van der Waals surface area contributed by atoms with E-state index in [0.717, 1.165) is 32.1 Å². The van der Waals surface area contributed by atoms with E-state index < -0.39 is 16.0 Å². The molecular formula is C24H23ClN2O5S. The molecule has 2 aromatic rings. The highest BCUT2D eigenvalue weighted by atomic mass is 35.5. The summed E-state index contributed by atoms with van der Waals surface area (Å²) < 4.78 is 35.6. The normalized spacial score (nSPS) is 20.9. The molecule has 0 amide bonds. The minimum Gasteiger partial charge on any atom is -0.488 e. The van der Waals surface area contributed by atoms with Gasteiger partial charge in [-0.25, -0.2) is 13.2 Å². The van der Waals surface area contributed by atoms with E-state index in [4.69, 9.17) is 16.3 Å². The number of ether oxygens (including phenoxy) is 1. The number of nitrogens with zero attached hydrogens (tertiary/aromatic N) is 1. The monoisotopic (exact) mass is 486 g/mol. The maximum atomic E-state index is 13.4. The molecule has 33 heavy (non-hydrogen) atoms. The van der Waals surface area contributed by atoms with Crippen molar-refractivity contribution in [3.8, 4) is 11.8 Å². The van der Waals surface area contributed by atoms with Gasteiger partial charge in [-0.2, -0.15) is 5.26 Å². The predicted octanol–water partition coefficient (Wildman–Crippen LogP) is 5.30. The number of carbonyl (C=O) groups is 1. The molecule has 2 aromatic carbocycles.